The summed E-state index contributed by atoms with van der Waals surface area (Å²) in [5, 5.41) is 12.7. The summed E-state index contributed by atoms with van der Waals surface area (Å²) in [4.78, 5) is 48.6. The van der Waals surface area contributed by atoms with Crippen LogP contribution in [0, 0.1) is 10.1 Å². The lowest BCUT2D eigenvalue weighted by Crippen LogP contribution is -2.44. The number of hydrogen-bond donors (Lipinski definition) is 1. The van der Waals surface area contributed by atoms with Gasteiger partial charge in [-0.2, -0.15) is 0 Å². The Bertz CT molecular complexity index is 963. The monoisotopic (exact) mass is 415 g/mol. The average Bonchev–Trinajstić information content (AvgIpc) is 2.71. The fourth-order valence-corrected chi connectivity index (χ4v) is 3.55. The Morgan fingerprint density at radius 2 is 1.93 bits per heavy atom. The molecule has 3 rings (SSSR count). The molecule has 0 aromatic heterocycles. The zero-order valence-electron chi connectivity index (χ0n) is 15.4. The molecule has 1 atom stereocenters. The maximum atomic E-state index is 12.5. The summed E-state index contributed by atoms with van der Waals surface area (Å²) in [6.07, 6.45) is 0. The van der Waals surface area contributed by atoms with Gasteiger partial charge in [-0.1, -0.05) is 12.1 Å². The Labute approximate surface area is 170 Å². The fourth-order valence-electron chi connectivity index (χ4n) is 2.68. The van der Waals surface area contributed by atoms with Gasteiger partial charge < -0.3 is 10.1 Å². The second-order valence-corrected chi connectivity index (χ2v) is 7.58. The van der Waals surface area contributed by atoms with Crippen molar-refractivity contribution in [3.63, 3.8) is 0 Å². The highest BCUT2D eigenvalue weighted by Crippen LogP contribution is 2.29. The van der Waals surface area contributed by atoms with Gasteiger partial charge in [0, 0.05) is 17.0 Å². The second kappa shape index (κ2) is 8.74. The molecule has 1 aliphatic heterocycles. The molecule has 0 spiro atoms. The molecule has 2 amide bonds. The van der Waals surface area contributed by atoms with E-state index in [1.807, 2.05) is 0 Å². The third kappa shape index (κ3) is 4.91. The molecular weight excluding hydrogens is 398 g/mol. The number of thioether (sulfide) groups is 1. The van der Waals surface area contributed by atoms with E-state index < -0.39 is 28.7 Å². The Morgan fingerprint density at radius 1 is 1.24 bits per heavy atom. The number of rotatable bonds is 6. The smallest absolute Gasteiger partial charge is 0.319 e. The van der Waals surface area contributed by atoms with Crippen LogP contribution in [-0.2, 0) is 19.1 Å². The van der Waals surface area contributed by atoms with Crippen molar-refractivity contribution in [2.75, 3.05) is 23.4 Å². The number of non-ortho nitro benzene ring substituents is 1. The minimum Gasteiger partial charge on any atom is -0.455 e. The van der Waals surface area contributed by atoms with E-state index in [-0.39, 0.29) is 18.1 Å². The molecule has 0 fully saturated rings. The molecule has 2 aromatic rings. The largest absolute Gasteiger partial charge is 0.455 e. The van der Waals surface area contributed by atoms with Crippen LogP contribution in [0.3, 0.4) is 0 Å². The minimum atomic E-state index is -0.624. The van der Waals surface area contributed by atoms with Crippen LogP contribution in [-0.4, -0.2) is 41.1 Å². The molecule has 0 bridgehead atoms. The van der Waals surface area contributed by atoms with E-state index in [1.165, 1.54) is 17.0 Å². The molecule has 1 heterocycles. The van der Waals surface area contributed by atoms with E-state index >= 15 is 0 Å². The van der Waals surface area contributed by atoms with Crippen molar-refractivity contribution in [2.45, 2.75) is 17.1 Å². The number of fused-ring (bicyclic) bond motifs is 1. The van der Waals surface area contributed by atoms with E-state index in [4.69, 9.17) is 4.74 Å². The number of carbonyl (C=O) groups is 3. The van der Waals surface area contributed by atoms with Crippen LogP contribution in [0.5, 0.6) is 0 Å². The standard InChI is InChI=1S/C19H17N3O6S/c1-12(29-14-8-6-13(7-9-14)22(26)27)19(25)28-11-18(24)21-10-17(23)20-15-4-2-3-5-16(15)21/h2-9,12H,10-11H2,1H3,(H,20,23)/t12-/m0/s1. The summed E-state index contributed by atoms with van der Waals surface area (Å²) in [7, 11) is 0. The van der Waals surface area contributed by atoms with Crippen LogP contribution in [0.4, 0.5) is 17.1 Å². The van der Waals surface area contributed by atoms with Gasteiger partial charge in [0.1, 0.15) is 11.8 Å². The summed E-state index contributed by atoms with van der Waals surface area (Å²) in [6, 6.07) is 12.6. The summed E-state index contributed by atoms with van der Waals surface area (Å²) in [5.41, 5.74) is 1.02. The number of nitro groups is 1. The highest BCUT2D eigenvalue weighted by molar-refractivity contribution is 8.00. The fraction of sp³-hybridized carbons (Fsp3) is 0.211. The average molecular weight is 415 g/mol. The Hall–Kier alpha value is -3.40. The summed E-state index contributed by atoms with van der Waals surface area (Å²) >= 11 is 1.16. The molecule has 0 aliphatic carbocycles. The zero-order valence-corrected chi connectivity index (χ0v) is 16.2. The van der Waals surface area contributed by atoms with Crippen LogP contribution in [0.15, 0.2) is 53.4 Å². The van der Waals surface area contributed by atoms with Gasteiger partial charge in [-0.25, -0.2) is 0 Å². The number of carbonyl (C=O) groups excluding carboxylic acids is 3. The molecule has 10 heteroatoms. The van der Waals surface area contributed by atoms with Gasteiger partial charge in [0.25, 0.3) is 11.6 Å². The molecule has 150 valence electrons. The minimum absolute atomic E-state index is 0.0407. The molecule has 2 aromatic carbocycles. The number of ether oxygens (including phenoxy) is 1. The lowest BCUT2D eigenvalue weighted by atomic mass is 10.2. The SMILES string of the molecule is C[C@H](Sc1ccc([N+](=O)[O-])cc1)C(=O)OCC(=O)N1CC(=O)Nc2ccccc21. The molecular formula is C19H17N3O6S. The number of nitro benzene ring substituents is 1. The van der Waals surface area contributed by atoms with Crippen molar-refractivity contribution in [3.8, 4) is 0 Å². The van der Waals surface area contributed by atoms with Crippen LogP contribution >= 0.6 is 11.8 Å². The topological polar surface area (TPSA) is 119 Å². The lowest BCUT2D eigenvalue weighted by Gasteiger charge is -2.29. The van der Waals surface area contributed by atoms with Gasteiger partial charge in [-0.05, 0) is 31.2 Å². The molecule has 1 aliphatic rings. The molecule has 9 nitrogen and oxygen atoms in total. The third-order valence-electron chi connectivity index (χ3n) is 4.10. The molecule has 29 heavy (non-hydrogen) atoms. The Morgan fingerprint density at radius 3 is 2.62 bits per heavy atom. The first-order chi connectivity index (χ1) is 13.8. The van der Waals surface area contributed by atoms with Crippen LogP contribution < -0.4 is 10.2 Å². The van der Waals surface area contributed by atoms with E-state index in [0.29, 0.717) is 16.3 Å². The van der Waals surface area contributed by atoms with Gasteiger partial charge in [-0.3, -0.25) is 29.4 Å². The van der Waals surface area contributed by atoms with E-state index in [2.05, 4.69) is 5.32 Å². The number of esters is 1. The first-order valence-corrected chi connectivity index (χ1v) is 9.50. The summed E-state index contributed by atoms with van der Waals surface area (Å²) in [6.45, 7) is 0.967. The number of nitrogens with zero attached hydrogens (tertiary/aromatic N) is 2. The van der Waals surface area contributed by atoms with Gasteiger partial charge in [0.15, 0.2) is 6.61 Å². The number of nitrogens with one attached hydrogen (secondary N) is 1. The maximum Gasteiger partial charge on any atom is 0.319 e. The van der Waals surface area contributed by atoms with Crippen molar-refractivity contribution < 1.29 is 24.0 Å². The van der Waals surface area contributed by atoms with Crippen LogP contribution in [0.1, 0.15) is 6.92 Å². The molecule has 0 radical (unpaired) electrons. The van der Waals surface area contributed by atoms with Crippen molar-refractivity contribution in [2.24, 2.45) is 0 Å². The predicted octanol–water partition coefficient (Wildman–Crippen LogP) is 2.60. The number of anilines is 2. The highest BCUT2D eigenvalue weighted by Gasteiger charge is 2.28. The Balaban J connectivity index is 1.56. The van der Waals surface area contributed by atoms with Crippen molar-refractivity contribution in [3.05, 3.63) is 58.6 Å². The van der Waals surface area contributed by atoms with Crippen LogP contribution in [0.2, 0.25) is 0 Å². The van der Waals surface area contributed by atoms with E-state index in [9.17, 15) is 24.5 Å². The lowest BCUT2D eigenvalue weighted by molar-refractivity contribution is -0.384. The van der Waals surface area contributed by atoms with Gasteiger partial charge in [0.2, 0.25) is 5.91 Å². The second-order valence-electron chi connectivity index (χ2n) is 6.16. The summed E-state index contributed by atoms with van der Waals surface area (Å²) < 4.78 is 5.11. The van der Waals surface area contributed by atoms with Crippen molar-refractivity contribution >= 4 is 46.6 Å². The maximum absolute atomic E-state index is 12.5. The van der Waals surface area contributed by atoms with Gasteiger partial charge >= 0.3 is 5.97 Å². The van der Waals surface area contributed by atoms with Crippen LogP contribution in [0.25, 0.3) is 0 Å². The normalized spacial score (nSPS) is 13.8. The first-order valence-electron chi connectivity index (χ1n) is 8.62. The zero-order chi connectivity index (χ0) is 21.0. The molecule has 0 unspecified atom stereocenters. The number of amides is 2. The highest BCUT2D eigenvalue weighted by atomic mass is 32.2. The van der Waals surface area contributed by atoms with Gasteiger partial charge in [-0.15, -0.1) is 11.8 Å². The summed E-state index contributed by atoms with van der Waals surface area (Å²) in [5.74, 6) is -1.44. The van der Waals surface area contributed by atoms with E-state index in [0.717, 1.165) is 11.8 Å². The number of para-hydroxylation sites is 2. The van der Waals surface area contributed by atoms with Crippen molar-refractivity contribution in [1.29, 1.82) is 0 Å². The number of hydrogen-bond acceptors (Lipinski definition) is 7. The van der Waals surface area contributed by atoms with E-state index in [1.54, 1.807) is 43.3 Å². The first kappa shape index (κ1) is 20.3. The third-order valence-corrected chi connectivity index (χ3v) is 5.19. The number of benzene rings is 2. The quantitative estimate of drug-likeness (QED) is 0.333. The molecule has 0 saturated heterocycles. The molecule has 0 saturated carbocycles. The molecule has 1 N–H and O–H groups in total. The predicted molar refractivity (Wildman–Crippen MR) is 107 cm³/mol. The van der Waals surface area contributed by atoms with Crippen molar-refractivity contribution in [1.82, 2.24) is 0 Å². The van der Waals surface area contributed by atoms with Gasteiger partial charge in [0.05, 0.1) is 16.3 Å². The Kier molecular flexibility index (Phi) is 6.13.